The zero-order valence-corrected chi connectivity index (χ0v) is 10.4. The summed E-state index contributed by atoms with van der Waals surface area (Å²) in [6.45, 7) is 1.65. The molecule has 3 rings (SSSR count). The molecule has 6 nitrogen and oxygen atoms in total. The molecule has 1 aromatic carbocycles. The van der Waals surface area contributed by atoms with E-state index in [9.17, 15) is 9.59 Å². The highest BCUT2D eigenvalue weighted by atomic mass is 16.4. The number of H-pyrrole nitrogens is 1. The number of carbonyl (C=O) groups is 1. The van der Waals surface area contributed by atoms with Crippen LogP contribution >= 0.6 is 0 Å². The molecule has 1 aliphatic heterocycles. The quantitative estimate of drug-likeness (QED) is 0.850. The van der Waals surface area contributed by atoms with Gasteiger partial charge in [-0.05, 0) is 31.4 Å². The van der Waals surface area contributed by atoms with Crippen LogP contribution in [0.3, 0.4) is 0 Å². The molecule has 6 heteroatoms. The molecule has 0 spiro atoms. The predicted molar refractivity (Wildman–Crippen MR) is 71.3 cm³/mol. The summed E-state index contributed by atoms with van der Waals surface area (Å²) < 4.78 is 1.57. The van der Waals surface area contributed by atoms with Crippen LogP contribution in [0, 0.1) is 0 Å². The number of benzene rings is 1. The number of nitrogens with zero attached hydrogens (tertiary/aromatic N) is 2. The average molecular weight is 261 g/mol. The Morgan fingerprint density at radius 3 is 2.63 bits per heavy atom. The predicted octanol–water partition coefficient (Wildman–Crippen LogP) is 1.15. The van der Waals surface area contributed by atoms with Crippen LogP contribution in [0.5, 0.6) is 0 Å². The highest BCUT2D eigenvalue weighted by Crippen LogP contribution is 2.17. The number of hydrogen-bond acceptors (Lipinski definition) is 3. The SMILES string of the molecule is O=C(O)c1cccc2c1[nH]c(=O)n2N1CCCCC1. The van der Waals surface area contributed by atoms with Crippen molar-refractivity contribution in [2.45, 2.75) is 19.3 Å². The van der Waals surface area contributed by atoms with Crippen molar-refractivity contribution in [3.8, 4) is 0 Å². The van der Waals surface area contributed by atoms with Crippen molar-refractivity contribution in [3.05, 3.63) is 34.2 Å². The number of carboxylic acid groups (broad SMARTS) is 1. The number of fused-ring (bicyclic) bond motifs is 1. The molecular weight excluding hydrogens is 246 g/mol. The third-order valence-corrected chi connectivity index (χ3v) is 3.54. The van der Waals surface area contributed by atoms with Gasteiger partial charge >= 0.3 is 11.7 Å². The van der Waals surface area contributed by atoms with Gasteiger partial charge in [0.1, 0.15) is 0 Å². The molecule has 0 amide bonds. The Kier molecular flexibility index (Phi) is 2.77. The van der Waals surface area contributed by atoms with Gasteiger partial charge in [0.05, 0.1) is 16.6 Å². The van der Waals surface area contributed by atoms with Gasteiger partial charge in [0.2, 0.25) is 0 Å². The summed E-state index contributed by atoms with van der Waals surface area (Å²) in [6.07, 6.45) is 3.28. The van der Waals surface area contributed by atoms with E-state index in [2.05, 4.69) is 4.98 Å². The molecule has 1 fully saturated rings. The molecule has 2 N–H and O–H groups in total. The van der Waals surface area contributed by atoms with Gasteiger partial charge in [-0.15, -0.1) is 0 Å². The Morgan fingerprint density at radius 2 is 1.95 bits per heavy atom. The highest BCUT2D eigenvalue weighted by molar-refractivity contribution is 6.00. The van der Waals surface area contributed by atoms with Gasteiger partial charge < -0.3 is 15.1 Å². The van der Waals surface area contributed by atoms with Crippen molar-refractivity contribution in [3.63, 3.8) is 0 Å². The monoisotopic (exact) mass is 261 g/mol. The summed E-state index contributed by atoms with van der Waals surface area (Å²) in [5.74, 6) is -1.03. The molecule has 0 aliphatic carbocycles. The summed E-state index contributed by atoms with van der Waals surface area (Å²) in [4.78, 5) is 25.9. The van der Waals surface area contributed by atoms with Crippen LogP contribution < -0.4 is 10.7 Å². The van der Waals surface area contributed by atoms with E-state index in [0.717, 1.165) is 25.9 Å². The van der Waals surface area contributed by atoms with E-state index in [-0.39, 0.29) is 11.3 Å². The van der Waals surface area contributed by atoms with E-state index < -0.39 is 5.97 Å². The second kappa shape index (κ2) is 4.46. The fourth-order valence-corrected chi connectivity index (χ4v) is 2.65. The average Bonchev–Trinajstić information content (AvgIpc) is 2.75. The Labute approximate surface area is 109 Å². The molecule has 19 heavy (non-hydrogen) atoms. The Morgan fingerprint density at radius 1 is 1.21 bits per heavy atom. The third-order valence-electron chi connectivity index (χ3n) is 3.54. The number of hydrogen-bond donors (Lipinski definition) is 2. The standard InChI is InChI=1S/C13H15N3O3/c17-12(18)9-5-4-6-10-11(9)14-13(19)16(10)15-7-2-1-3-8-15/h4-6H,1-3,7-8H2,(H,14,19)(H,17,18). The molecule has 1 aliphatic rings. The summed E-state index contributed by atoms with van der Waals surface area (Å²) in [5.41, 5.74) is 0.883. The molecule has 0 unspecified atom stereocenters. The number of nitrogens with one attached hydrogen (secondary N) is 1. The van der Waals surface area contributed by atoms with Crippen molar-refractivity contribution in [1.82, 2.24) is 9.66 Å². The molecule has 0 radical (unpaired) electrons. The fourth-order valence-electron chi connectivity index (χ4n) is 2.65. The molecule has 100 valence electrons. The number of aromatic amines is 1. The number of aromatic carboxylic acids is 1. The lowest BCUT2D eigenvalue weighted by atomic mass is 10.1. The zero-order valence-electron chi connectivity index (χ0n) is 10.4. The van der Waals surface area contributed by atoms with Gasteiger partial charge in [-0.25, -0.2) is 14.3 Å². The Balaban J connectivity index is 2.20. The van der Waals surface area contributed by atoms with E-state index >= 15 is 0 Å². The summed E-state index contributed by atoms with van der Waals surface area (Å²) >= 11 is 0. The first kappa shape index (κ1) is 11.8. The maximum Gasteiger partial charge on any atom is 0.345 e. The van der Waals surface area contributed by atoms with Gasteiger partial charge in [-0.2, -0.15) is 0 Å². The van der Waals surface area contributed by atoms with Crippen LogP contribution in [0.2, 0.25) is 0 Å². The van der Waals surface area contributed by atoms with Crippen molar-refractivity contribution in [1.29, 1.82) is 0 Å². The van der Waals surface area contributed by atoms with E-state index in [1.807, 2.05) is 5.01 Å². The topological polar surface area (TPSA) is 78.3 Å². The lowest BCUT2D eigenvalue weighted by Crippen LogP contribution is -2.44. The Hall–Kier alpha value is -2.24. The minimum absolute atomic E-state index is 0.130. The van der Waals surface area contributed by atoms with Crippen LogP contribution in [0.15, 0.2) is 23.0 Å². The fraction of sp³-hybridized carbons (Fsp3) is 0.385. The van der Waals surface area contributed by atoms with Crippen molar-refractivity contribution in [2.24, 2.45) is 0 Å². The summed E-state index contributed by atoms with van der Waals surface area (Å²) in [5, 5.41) is 11.1. The van der Waals surface area contributed by atoms with Crippen LogP contribution in [-0.4, -0.2) is 33.8 Å². The van der Waals surface area contributed by atoms with Gasteiger partial charge in [-0.3, -0.25) is 0 Å². The number of rotatable bonds is 2. The molecule has 0 bridgehead atoms. The first-order valence-corrected chi connectivity index (χ1v) is 6.41. The molecule has 2 aromatic rings. The first-order chi connectivity index (χ1) is 9.18. The van der Waals surface area contributed by atoms with Crippen molar-refractivity contribution < 1.29 is 9.90 Å². The number of para-hydroxylation sites is 1. The number of imidazole rings is 1. The highest BCUT2D eigenvalue weighted by Gasteiger charge is 2.19. The molecule has 1 aromatic heterocycles. The number of piperidine rings is 1. The van der Waals surface area contributed by atoms with E-state index in [0.29, 0.717) is 11.0 Å². The van der Waals surface area contributed by atoms with Crippen molar-refractivity contribution >= 4 is 17.0 Å². The maximum absolute atomic E-state index is 12.1. The molecular formula is C13H15N3O3. The third kappa shape index (κ3) is 1.89. The molecule has 2 heterocycles. The van der Waals surface area contributed by atoms with Crippen LogP contribution in [0.25, 0.3) is 11.0 Å². The summed E-state index contributed by atoms with van der Waals surface area (Å²) in [6, 6.07) is 4.94. The van der Waals surface area contributed by atoms with Crippen LogP contribution in [0.4, 0.5) is 0 Å². The lowest BCUT2D eigenvalue weighted by molar-refractivity contribution is 0.0699. The van der Waals surface area contributed by atoms with Crippen molar-refractivity contribution in [2.75, 3.05) is 18.1 Å². The van der Waals surface area contributed by atoms with Gasteiger partial charge in [-0.1, -0.05) is 6.07 Å². The Bertz CT molecular complexity index is 680. The second-order valence-electron chi connectivity index (χ2n) is 4.76. The largest absolute Gasteiger partial charge is 0.478 e. The van der Waals surface area contributed by atoms with Crippen LogP contribution in [0.1, 0.15) is 29.6 Å². The maximum atomic E-state index is 12.1. The van der Waals surface area contributed by atoms with E-state index in [4.69, 9.17) is 5.11 Å². The smallest absolute Gasteiger partial charge is 0.345 e. The number of aromatic nitrogens is 2. The zero-order chi connectivity index (χ0) is 13.4. The minimum Gasteiger partial charge on any atom is -0.478 e. The first-order valence-electron chi connectivity index (χ1n) is 6.41. The molecule has 0 atom stereocenters. The van der Waals surface area contributed by atoms with Gasteiger partial charge in [0.15, 0.2) is 0 Å². The summed E-state index contributed by atoms with van der Waals surface area (Å²) in [7, 11) is 0. The van der Waals surface area contributed by atoms with E-state index in [1.165, 1.54) is 12.5 Å². The minimum atomic E-state index is -1.03. The van der Waals surface area contributed by atoms with E-state index in [1.54, 1.807) is 16.8 Å². The normalized spacial score (nSPS) is 15.9. The van der Waals surface area contributed by atoms with Gasteiger partial charge in [0.25, 0.3) is 0 Å². The number of carboxylic acids is 1. The van der Waals surface area contributed by atoms with Crippen LogP contribution in [-0.2, 0) is 0 Å². The second-order valence-corrected chi connectivity index (χ2v) is 4.76. The van der Waals surface area contributed by atoms with Gasteiger partial charge in [0, 0.05) is 13.1 Å². The molecule has 0 saturated carbocycles. The molecule has 1 saturated heterocycles. The lowest BCUT2D eigenvalue weighted by Gasteiger charge is -2.29.